The van der Waals surface area contributed by atoms with Crippen molar-refractivity contribution < 1.29 is 57.2 Å². The van der Waals surface area contributed by atoms with E-state index in [0.717, 1.165) is 12.8 Å². The third-order valence-corrected chi connectivity index (χ3v) is 22.8. The molecule has 0 saturated carbocycles. The van der Waals surface area contributed by atoms with Gasteiger partial charge in [-0.25, -0.2) is 0 Å². The maximum atomic E-state index is 15.8. The Morgan fingerprint density at radius 3 is 1.39 bits per heavy atom. The molecule has 0 bridgehead atoms. The van der Waals surface area contributed by atoms with Crippen molar-refractivity contribution in [3.05, 3.63) is 12.3 Å². The molecular formula is C68H125N11O12Si. The molecule has 0 unspecified atom stereocenters. The summed E-state index contributed by atoms with van der Waals surface area (Å²) in [5, 5.41) is 10.6. The van der Waals surface area contributed by atoms with Gasteiger partial charge in [-0.05, 0) is 105 Å². The summed E-state index contributed by atoms with van der Waals surface area (Å²) < 4.78 is 7.29. The molecule has 11 amide bonds. The number of likely N-dealkylation sites (N-methyl/N-ethyl adjacent to an activating group) is 7. The van der Waals surface area contributed by atoms with E-state index in [1.807, 2.05) is 62.3 Å². The van der Waals surface area contributed by atoms with Gasteiger partial charge in [0.25, 0.3) is 5.91 Å². The molecule has 0 aromatic heterocycles. The molecule has 4 N–H and O–H groups in total. The Labute approximate surface area is 554 Å². The van der Waals surface area contributed by atoms with Crippen LogP contribution in [0.1, 0.15) is 183 Å². The van der Waals surface area contributed by atoms with Gasteiger partial charge in [0.05, 0.1) is 18.3 Å². The van der Waals surface area contributed by atoms with Crippen LogP contribution in [0.15, 0.2) is 12.3 Å². The van der Waals surface area contributed by atoms with Gasteiger partial charge in [0.2, 0.25) is 59.1 Å². The van der Waals surface area contributed by atoms with E-state index in [2.05, 4.69) is 68.6 Å². The average molecular weight is 1320 g/mol. The van der Waals surface area contributed by atoms with Gasteiger partial charge in [0, 0.05) is 49.3 Å². The molecule has 23 nitrogen and oxygen atoms in total. The van der Waals surface area contributed by atoms with Crippen LogP contribution in [0.2, 0.25) is 18.1 Å². The summed E-state index contributed by atoms with van der Waals surface area (Å²) >= 11 is 0. The minimum absolute atomic E-state index is 0.0692. The Bertz CT molecular complexity index is 2550. The van der Waals surface area contributed by atoms with Crippen molar-refractivity contribution in [3.63, 3.8) is 0 Å². The minimum atomic E-state index is -2.78. The molecule has 92 heavy (non-hydrogen) atoms. The second-order valence-electron chi connectivity index (χ2n) is 30.0. The normalized spacial score (nSPS) is 25.3. The number of nitrogens with one attached hydrogen (secondary N) is 4. The Kier molecular flexibility index (Phi) is 33.5. The smallest absolute Gasteiger partial charge is 0.267 e. The number of rotatable bonds is 18. The summed E-state index contributed by atoms with van der Waals surface area (Å²) in [7, 11) is 7.46. The highest BCUT2D eigenvalue weighted by atomic mass is 28.4. The van der Waals surface area contributed by atoms with Crippen molar-refractivity contribution >= 4 is 73.3 Å². The van der Waals surface area contributed by atoms with Gasteiger partial charge in [0.15, 0.2) is 8.32 Å². The maximum absolute atomic E-state index is 15.8. The Morgan fingerprint density at radius 1 is 0.522 bits per heavy atom. The standard InChI is InChI=1S/C68H125N11O12Si/c1-30-32-33-45(15)57(91-92(28,29)68(18,19)20)56-61(84)71-48(31-2)63(86)73(21)38-53(80)74(22)49(34-39(3)4)60(83)72-54(43(11)12)66(89)75(23)50(35-40(5)6)59(82)69-46(16)58(81)70-47(17)62(85)76(24)51(36-41(7)8)64(87)77(25)52(37-42(9)10)65(88)78(26)55(44(13)14)67(90)79(56)27/h39-45,47-52,54-57H,16,30-38H2,1-15,17-29H3,(H,69,82)(H,70,81)(H,71,84)(H,72,83)/t45-,47-,48+,49+,50+,51+,52+,54+,55+,56+,57-/m1/s1. The number of carbonyl (C=O) groups is 11. The number of hydrogen-bond acceptors (Lipinski definition) is 12. The highest BCUT2D eigenvalue weighted by Gasteiger charge is 2.49. The van der Waals surface area contributed by atoms with Gasteiger partial charge in [-0.1, -0.05) is 144 Å². The lowest BCUT2D eigenvalue weighted by Crippen LogP contribution is -2.65. The molecule has 1 saturated heterocycles. The second-order valence-corrected chi connectivity index (χ2v) is 34.7. The van der Waals surface area contributed by atoms with E-state index in [0.29, 0.717) is 6.42 Å². The summed E-state index contributed by atoms with van der Waals surface area (Å²) in [5.41, 5.74) is -0.429. The first-order chi connectivity index (χ1) is 42.1. The van der Waals surface area contributed by atoms with Crippen LogP contribution in [0, 0.1) is 41.4 Å². The van der Waals surface area contributed by atoms with Crippen molar-refractivity contribution in [3.8, 4) is 0 Å². The number of amides is 11. The Balaban J connectivity index is 4.55. The lowest BCUT2D eigenvalue weighted by atomic mass is 9.90. The maximum Gasteiger partial charge on any atom is 0.267 e. The van der Waals surface area contributed by atoms with Gasteiger partial charge < -0.3 is 60.0 Å². The predicted octanol–water partition coefficient (Wildman–Crippen LogP) is 6.65. The lowest BCUT2D eigenvalue weighted by molar-refractivity contribution is -0.157. The monoisotopic (exact) mass is 1320 g/mol. The van der Waals surface area contributed by atoms with E-state index in [9.17, 15) is 33.6 Å². The van der Waals surface area contributed by atoms with Gasteiger partial charge in [0.1, 0.15) is 54.4 Å². The van der Waals surface area contributed by atoms with Crippen LogP contribution in [0.25, 0.3) is 0 Å². The zero-order chi connectivity index (χ0) is 71.7. The lowest BCUT2D eigenvalue weighted by Gasteiger charge is -2.46. The summed E-state index contributed by atoms with van der Waals surface area (Å²) in [5.74, 6) is -9.30. The molecule has 1 rings (SSSR count). The van der Waals surface area contributed by atoms with Crippen LogP contribution in [-0.4, -0.2) is 224 Å². The SMILES string of the molecule is C=C1NC(=O)[C@H](CC(C)C)N(C)C(=O)[C@H](C(C)C)NC(=O)[C@H](CC(C)C)N(C)C(=O)CN(C)C(=O)[C@H](CC)NC(=O)[C@H]([C@H](O[Si](C)(C)C(C)(C)C)[C@H](C)CCCC)N(C)C(=O)[C@H](C(C)C)N(C)C(=O)[C@H](CC(C)C)N(C)C(=O)[C@H](CC(C)C)N(C)C(=O)[C@@H](C)NC1=O. The quantitative estimate of drug-likeness (QED) is 0.0831. The summed E-state index contributed by atoms with van der Waals surface area (Å²) in [6, 6.07) is -10.9. The fourth-order valence-corrected chi connectivity index (χ4v) is 12.8. The van der Waals surface area contributed by atoms with Crippen LogP contribution >= 0.6 is 0 Å². The molecule has 1 heterocycles. The predicted molar refractivity (Wildman–Crippen MR) is 364 cm³/mol. The number of unbranched alkanes of at least 4 members (excludes halogenated alkanes) is 1. The van der Waals surface area contributed by atoms with Crippen LogP contribution in [0.3, 0.4) is 0 Å². The second kappa shape index (κ2) is 36.7. The van der Waals surface area contributed by atoms with Crippen molar-refractivity contribution in [1.82, 2.24) is 55.6 Å². The molecule has 528 valence electrons. The molecule has 0 aliphatic carbocycles. The molecule has 11 atom stereocenters. The topological polar surface area (TPSA) is 268 Å². The van der Waals surface area contributed by atoms with Gasteiger partial charge in [-0.2, -0.15) is 0 Å². The molecule has 1 aliphatic rings. The number of carbonyl (C=O) groups excluding carboxylic acids is 11. The first-order valence-electron chi connectivity index (χ1n) is 33.6. The van der Waals surface area contributed by atoms with Crippen LogP contribution < -0.4 is 21.3 Å². The molecule has 24 heteroatoms. The summed E-state index contributed by atoms with van der Waals surface area (Å²) in [6.45, 7) is 42.9. The summed E-state index contributed by atoms with van der Waals surface area (Å²) in [4.78, 5) is 172. The van der Waals surface area contributed by atoms with Crippen molar-refractivity contribution in [2.45, 2.75) is 262 Å². The highest BCUT2D eigenvalue weighted by Crippen LogP contribution is 2.40. The third kappa shape index (κ3) is 23.2. The number of nitrogens with zero attached hydrogens (tertiary/aromatic N) is 7. The van der Waals surface area contributed by atoms with Crippen molar-refractivity contribution in [2.24, 2.45) is 41.4 Å². The first-order valence-corrected chi connectivity index (χ1v) is 36.5. The molecule has 0 radical (unpaired) electrons. The van der Waals surface area contributed by atoms with E-state index >= 15 is 19.2 Å². The van der Waals surface area contributed by atoms with Gasteiger partial charge >= 0.3 is 0 Å². The van der Waals surface area contributed by atoms with Crippen molar-refractivity contribution in [1.29, 1.82) is 0 Å². The fourth-order valence-electron chi connectivity index (χ4n) is 11.4. The van der Waals surface area contributed by atoms with Crippen LogP contribution in [0.5, 0.6) is 0 Å². The largest absolute Gasteiger partial charge is 0.411 e. The first kappa shape index (κ1) is 84.1. The molecular weight excluding hydrogens is 1190 g/mol. The average Bonchev–Trinajstić information content (AvgIpc) is 0.795. The number of hydrogen-bond donors (Lipinski definition) is 4. The summed E-state index contributed by atoms with van der Waals surface area (Å²) in [6.07, 6.45) is 1.99. The molecule has 0 spiro atoms. The van der Waals surface area contributed by atoms with E-state index in [4.69, 9.17) is 4.43 Å². The van der Waals surface area contributed by atoms with E-state index in [1.54, 1.807) is 34.6 Å². The molecule has 1 fully saturated rings. The van der Waals surface area contributed by atoms with Crippen LogP contribution in [0.4, 0.5) is 0 Å². The van der Waals surface area contributed by atoms with E-state index in [-0.39, 0.29) is 66.7 Å². The Hall–Kier alpha value is -5.91. The van der Waals surface area contributed by atoms with Crippen LogP contribution in [-0.2, 0) is 57.2 Å². The molecule has 1 aliphatic heterocycles. The molecule has 0 aromatic rings. The zero-order valence-corrected chi connectivity index (χ0v) is 62.9. The Morgan fingerprint density at radius 2 is 0.957 bits per heavy atom. The van der Waals surface area contributed by atoms with E-state index in [1.165, 1.54) is 90.6 Å². The van der Waals surface area contributed by atoms with Crippen molar-refractivity contribution in [2.75, 3.05) is 55.9 Å². The highest BCUT2D eigenvalue weighted by molar-refractivity contribution is 6.74. The fraction of sp³-hybridized carbons (Fsp3) is 0.809. The third-order valence-electron chi connectivity index (χ3n) is 18.3. The molecule has 0 aromatic carbocycles. The van der Waals surface area contributed by atoms with Gasteiger partial charge in [-0.3, -0.25) is 52.7 Å². The van der Waals surface area contributed by atoms with E-state index < -0.39 is 158 Å². The minimum Gasteiger partial charge on any atom is -0.411 e. The van der Waals surface area contributed by atoms with Gasteiger partial charge in [-0.15, -0.1) is 0 Å². The zero-order valence-electron chi connectivity index (χ0n) is 61.9.